The molecule has 1 saturated heterocycles. The highest BCUT2D eigenvalue weighted by Crippen LogP contribution is 2.52. The van der Waals surface area contributed by atoms with E-state index in [-0.39, 0.29) is 30.4 Å². The lowest BCUT2D eigenvalue weighted by molar-refractivity contribution is -0.141. The quantitative estimate of drug-likeness (QED) is 0.461. The number of alkyl halides is 3. The van der Waals surface area contributed by atoms with Crippen LogP contribution in [-0.2, 0) is 20.8 Å². The molecule has 5 rings (SSSR count). The number of nitrogens with one attached hydrogen (secondary N) is 1. The van der Waals surface area contributed by atoms with Gasteiger partial charge >= 0.3 is 6.18 Å². The largest absolute Gasteiger partial charge is 0.433 e. The van der Waals surface area contributed by atoms with Crippen LogP contribution in [0.4, 0.5) is 22.0 Å². The van der Waals surface area contributed by atoms with Crippen LogP contribution in [0.25, 0.3) is 0 Å². The van der Waals surface area contributed by atoms with Crippen LogP contribution < -0.4 is 4.72 Å². The molecule has 34 heavy (non-hydrogen) atoms. The summed E-state index contributed by atoms with van der Waals surface area (Å²) in [6, 6.07) is 4.54. The summed E-state index contributed by atoms with van der Waals surface area (Å²) in [6.45, 7) is 0.590. The van der Waals surface area contributed by atoms with E-state index in [9.17, 15) is 26.0 Å². The number of fused-ring (bicyclic) bond motifs is 1. The van der Waals surface area contributed by atoms with Crippen LogP contribution in [0.1, 0.15) is 43.4 Å². The Kier molecular flexibility index (Phi) is 5.93. The molecule has 1 aromatic carbocycles. The SMILES string of the molecule is O=S(=O)(c1ccc(C(F)(F)F)nc1)[C@]1(c2cc(F)ccc2F)CC[C@@H]2NSN(C3CC3)C[C@@H]2C1. The molecule has 1 aromatic heterocycles. The Morgan fingerprint density at radius 1 is 1.12 bits per heavy atom. The van der Waals surface area contributed by atoms with Gasteiger partial charge in [-0.15, -0.1) is 0 Å². The van der Waals surface area contributed by atoms with E-state index in [1.54, 1.807) is 0 Å². The molecule has 2 aromatic rings. The van der Waals surface area contributed by atoms with Crippen LogP contribution in [0.2, 0.25) is 0 Å². The van der Waals surface area contributed by atoms with Gasteiger partial charge in [-0.1, -0.05) is 0 Å². The average molecular weight is 520 g/mol. The van der Waals surface area contributed by atoms with E-state index in [4.69, 9.17) is 0 Å². The Morgan fingerprint density at radius 3 is 2.53 bits per heavy atom. The number of hydrogen-bond donors (Lipinski definition) is 1. The van der Waals surface area contributed by atoms with Gasteiger partial charge < -0.3 is 0 Å². The summed E-state index contributed by atoms with van der Waals surface area (Å²) in [5.74, 6) is -1.81. The van der Waals surface area contributed by atoms with Crippen molar-refractivity contribution in [2.24, 2.45) is 5.92 Å². The molecule has 0 unspecified atom stereocenters. The number of aromatic nitrogens is 1. The van der Waals surface area contributed by atoms with Gasteiger partial charge in [-0.2, -0.15) is 13.2 Å². The summed E-state index contributed by atoms with van der Waals surface area (Å²) in [5.41, 5.74) is -1.52. The third-order valence-electron chi connectivity index (χ3n) is 6.98. The molecular formula is C22H22F5N3O2S2. The molecule has 1 aliphatic heterocycles. The molecule has 12 heteroatoms. The molecule has 0 spiro atoms. The average Bonchev–Trinajstić information content (AvgIpc) is 3.65. The molecule has 2 saturated carbocycles. The summed E-state index contributed by atoms with van der Waals surface area (Å²) in [4.78, 5) is 2.86. The van der Waals surface area contributed by atoms with E-state index in [0.29, 0.717) is 31.3 Å². The minimum atomic E-state index is -4.73. The Morgan fingerprint density at radius 2 is 1.88 bits per heavy atom. The lowest BCUT2D eigenvalue weighted by Gasteiger charge is -2.48. The van der Waals surface area contributed by atoms with Gasteiger partial charge in [0.05, 0.1) is 4.90 Å². The number of halogens is 5. The lowest BCUT2D eigenvalue weighted by atomic mass is 9.74. The monoisotopic (exact) mass is 519 g/mol. The molecule has 2 aliphatic carbocycles. The molecule has 184 valence electrons. The zero-order valence-electron chi connectivity index (χ0n) is 17.9. The molecular weight excluding hydrogens is 497 g/mol. The van der Waals surface area contributed by atoms with Crippen LogP contribution in [0, 0.1) is 17.6 Å². The van der Waals surface area contributed by atoms with Gasteiger partial charge in [-0.25, -0.2) is 26.2 Å². The molecule has 2 heterocycles. The first-order chi connectivity index (χ1) is 16.0. The standard InChI is InChI=1S/C22H22F5N3O2S2/c23-14-1-5-18(24)17(9-14)21(34(31,32)16-4-6-20(28-11-16)22(25,26)27)8-7-19-13(10-21)12-30(33-29-19)15-2-3-15/h1,4-6,9,11,13,15,19,29H,2-3,7-8,10,12H2/t13-,19-,21+/m0/s1. The summed E-state index contributed by atoms with van der Waals surface area (Å²) in [5, 5.41) is 0. The zero-order chi connectivity index (χ0) is 24.3. The van der Waals surface area contributed by atoms with E-state index in [1.807, 2.05) is 0 Å². The number of nitrogens with zero attached hydrogens (tertiary/aromatic N) is 2. The number of sulfone groups is 1. The highest BCUT2D eigenvalue weighted by Gasteiger charge is 2.54. The number of benzene rings is 1. The minimum absolute atomic E-state index is 0.00508. The molecule has 0 radical (unpaired) electrons. The molecule has 5 nitrogen and oxygen atoms in total. The molecule has 3 atom stereocenters. The van der Waals surface area contributed by atoms with Crippen molar-refractivity contribution < 1.29 is 30.4 Å². The second-order valence-electron chi connectivity index (χ2n) is 9.15. The number of hydrogen-bond acceptors (Lipinski definition) is 6. The van der Waals surface area contributed by atoms with Crippen molar-refractivity contribution in [2.75, 3.05) is 6.54 Å². The Bertz CT molecular complexity index is 1190. The fraction of sp³-hybridized carbons (Fsp3) is 0.500. The van der Waals surface area contributed by atoms with Gasteiger partial charge in [0.15, 0.2) is 9.84 Å². The van der Waals surface area contributed by atoms with Crippen molar-refractivity contribution in [3.8, 4) is 0 Å². The van der Waals surface area contributed by atoms with Gasteiger partial charge in [0.2, 0.25) is 0 Å². The van der Waals surface area contributed by atoms with E-state index in [2.05, 4.69) is 14.0 Å². The summed E-state index contributed by atoms with van der Waals surface area (Å²) < 4.78 is 99.9. The Labute approximate surface area is 198 Å². The third kappa shape index (κ3) is 4.12. The van der Waals surface area contributed by atoms with Gasteiger partial charge in [0, 0.05) is 42.5 Å². The molecule has 0 bridgehead atoms. The summed E-state index contributed by atoms with van der Waals surface area (Å²) in [6.07, 6.45) is -1.58. The van der Waals surface area contributed by atoms with Crippen LogP contribution in [0.3, 0.4) is 0 Å². The second-order valence-corrected chi connectivity index (χ2v) is 12.3. The van der Waals surface area contributed by atoms with E-state index in [1.165, 1.54) is 12.1 Å². The minimum Gasteiger partial charge on any atom is -0.250 e. The highest BCUT2D eigenvalue weighted by atomic mass is 32.2. The summed E-state index contributed by atoms with van der Waals surface area (Å²) in [7, 11) is -4.44. The maximum absolute atomic E-state index is 15.1. The highest BCUT2D eigenvalue weighted by molar-refractivity contribution is 7.95. The van der Waals surface area contributed by atoms with Crippen LogP contribution in [0.5, 0.6) is 0 Å². The first-order valence-electron chi connectivity index (χ1n) is 10.9. The predicted octanol–water partition coefficient (Wildman–Crippen LogP) is 4.85. The van der Waals surface area contributed by atoms with E-state index >= 15 is 4.39 Å². The van der Waals surface area contributed by atoms with E-state index in [0.717, 1.165) is 37.1 Å². The van der Waals surface area contributed by atoms with E-state index < -0.39 is 43.0 Å². The second kappa shape index (κ2) is 8.42. The van der Waals surface area contributed by atoms with Crippen molar-refractivity contribution in [2.45, 2.75) is 60.0 Å². The van der Waals surface area contributed by atoms with Crippen molar-refractivity contribution in [3.63, 3.8) is 0 Å². The fourth-order valence-electron chi connectivity index (χ4n) is 5.04. The normalized spacial score (nSPS) is 28.5. The third-order valence-corrected chi connectivity index (χ3v) is 10.6. The van der Waals surface area contributed by atoms with Crippen molar-refractivity contribution >= 4 is 22.0 Å². The van der Waals surface area contributed by atoms with Crippen LogP contribution >= 0.6 is 12.1 Å². The maximum Gasteiger partial charge on any atom is 0.433 e. The van der Waals surface area contributed by atoms with Gasteiger partial charge in [0.25, 0.3) is 0 Å². The Hall–Kier alpha value is -1.76. The molecule has 3 fully saturated rings. The number of pyridine rings is 1. The zero-order valence-corrected chi connectivity index (χ0v) is 19.5. The van der Waals surface area contributed by atoms with Crippen molar-refractivity contribution in [1.82, 2.24) is 14.0 Å². The van der Waals surface area contributed by atoms with Crippen molar-refractivity contribution in [3.05, 3.63) is 59.4 Å². The topological polar surface area (TPSA) is 62.3 Å². The first kappa shape index (κ1) is 24.0. The number of rotatable bonds is 4. The van der Waals surface area contributed by atoms with Gasteiger partial charge in [-0.05, 0) is 68.4 Å². The van der Waals surface area contributed by atoms with Crippen LogP contribution in [-0.4, -0.2) is 36.3 Å². The molecule has 1 N–H and O–H groups in total. The Balaban J connectivity index is 1.59. The molecule has 3 aliphatic rings. The van der Waals surface area contributed by atoms with Gasteiger partial charge in [-0.3, -0.25) is 4.98 Å². The fourth-order valence-corrected chi connectivity index (χ4v) is 8.40. The summed E-state index contributed by atoms with van der Waals surface area (Å²) >= 11 is 1.51. The predicted molar refractivity (Wildman–Crippen MR) is 116 cm³/mol. The molecule has 0 amide bonds. The van der Waals surface area contributed by atoms with Gasteiger partial charge in [0.1, 0.15) is 22.1 Å². The maximum atomic E-state index is 15.1. The van der Waals surface area contributed by atoms with Crippen LogP contribution in [0.15, 0.2) is 41.4 Å². The van der Waals surface area contributed by atoms with Crippen molar-refractivity contribution in [1.29, 1.82) is 0 Å². The lowest BCUT2D eigenvalue weighted by Crippen LogP contribution is -2.54. The first-order valence-corrected chi connectivity index (χ1v) is 13.2. The smallest absolute Gasteiger partial charge is 0.250 e.